The molecule has 0 aliphatic carbocycles. The van der Waals surface area contributed by atoms with Crippen molar-refractivity contribution < 1.29 is 4.79 Å². The minimum Gasteiger partial charge on any atom is -0.372 e. The van der Waals surface area contributed by atoms with Crippen molar-refractivity contribution >= 4 is 17.4 Å². The molecular weight excluding hydrogens is 292 g/mol. The van der Waals surface area contributed by atoms with E-state index in [1.54, 1.807) is 13.2 Å². The molecule has 7 nitrogen and oxygen atoms in total. The van der Waals surface area contributed by atoms with Gasteiger partial charge in [0.25, 0.3) is 0 Å². The van der Waals surface area contributed by atoms with E-state index in [0.717, 1.165) is 33.6 Å². The molecule has 0 atom stereocenters. The lowest BCUT2D eigenvalue weighted by molar-refractivity contribution is -0.115. The second-order valence-electron chi connectivity index (χ2n) is 5.28. The van der Waals surface area contributed by atoms with Gasteiger partial charge in [-0.3, -0.25) is 9.89 Å². The number of amides is 1. The van der Waals surface area contributed by atoms with Crippen molar-refractivity contribution in [1.82, 2.24) is 20.4 Å². The summed E-state index contributed by atoms with van der Waals surface area (Å²) in [4.78, 5) is 11.9. The predicted molar refractivity (Wildman–Crippen MR) is 86.9 cm³/mol. The van der Waals surface area contributed by atoms with Gasteiger partial charge in [0.15, 0.2) is 0 Å². The van der Waals surface area contributed by atoms with E-state index in [1.165, 1.54) is 0 Å². The number of aromatic amines is 1. The van der Waals surface area contributed by atoms with Crippen LogP contribution in [-0.2, 0) is 11.2 Å². The van der Waals surface area contributed by atoms with Gasteiger partial charge in [-0.05, 0) is 23.3 Å². The number of nitrogens with zero attached hydrogens (tertiary/aromatic N) is 3. The molecule has 4 rings (SSSR count). The second-order valence-corrected chi connectivity index (χ2v) is 5.28. The zero-order valence-electron chi connectivity index (χ0n) is 12.4. The monoisotopic (exact) mass is 306 g/mol. The van der Waals surface area contributed by atoms with E-state index in [9.17, 15) is 4.79 Å². The lowest BCUT2D eigenvalue weighted by Crippen LogP contribution is -2.04. The van der Waals surface area contributed by atoms with Crippen molar-refractivity contribution in [3.8, 4) is 22.4 Å². The summed E-state index contributed by atoms with van der Waals surface area (Å²) in [6, 6.07) is 7.69. The van der Waals surface area contributed by atoms with Crippen LogP contribution >= 0.6 is 0 Å². The fourth-order valence-corrected chi connectivity index (χ4v) is 2.81. The van der Waals surface area contributed by atoms with Crippen LogP contribution in [-0.4, -0.2) is 33.3 Å². The highest BCUT2D eigenvalue weighted by Crippen LogP contribution is 2.39. The number of H-pyrrole nitrogens is 1. The first-order valence-electron chi connectivity index (χ1n) is 7.23. The first kappa shape index (κ1) is 13.4. The Kier molecular flexibility index (Phi) is 3.04. The fraction of sp³-hybridized carbons (Fsp3) is 0.125. The van der Waals surface area contributed by atoms with Gasteiger partial charge < -0.3 is 10.6 Å². The van der Waals surface area contributed by atoms with Crippen molar-refractivity contribution in [2.24, 2.45) is 0 Å². The van der Waals surface area contributed by atoms with Gasteiger partial charge in [-0.2, -0.15) is 5.10 Å². The molecule has 0 unspecified atom stereocenters. The highest BCUT2D eigenvalue weighted by atomic mass is 16.1. The number of carbonyl (C=O) groups is 1. The van der Waals surface area contributed by atoms with E-state index in [2.05, 4.69) is 31.0 Å². The third kappa shape index (κ3) is 2.22. The zero-order valence-corrected chi connectivity index (χ0v) is 12.4. The summed E-state index contributed by atoms with van der Waals surface area (Å²) in [5.74, 6) is 0.682. The number of fused-ring (bicyclic) bond motifs is 1. The Labute approximate surface area is 132 Å². The molecule has 23 heavy (non-hydrogen) atoms. The number of aromatic nitrogens is 4. The lowest BCUT2D eigenvalue weighted by atomic mass is 9.96. The average molecular weight is 306 g/mol. The highest BCUT2D eigenvalue weighted by Gasteiger charge is 2.25. The number of benzene rings is 1. The number of carbonyl (C=O) groups excluding carboxylic acids is 1. The molecule has 3 N–H and O–H groups in total. The number of anilines is 2. The van der Waals surface area contributed by atoms with Gasteiger partial charge in [0.1, 0.15) is 5.82 Å². The minimum absolute atomic E-state index is 0.0167. The Balaban J connectivity index is 1.86. The SMILES string of the molecule is CNc1ccc(-c2ccc(-c3cn[nH]c3)c3c2NC(=O)C3)nn1. The van der Waals surface area contributed by atoms with Crippen molar-refractivity contribution in [2.45, 2.75) is 6.42 Å². The second kappa shape index (κ2) is 5.20. The van der Waals surface area contributed by atoms with Crippen LogP contribution in [0.3, 0.4) is 0 Å². The Morgan fingerprint density at radius 3 is 2.70 bits per heavy atom. The van der Waals surface area contributed by atoms with Gasteiger partial charge in [0.2, 0.25) is 5.91 Å². The number of nitrogens with one attached hydrogen (secondary N) is 3. The summed E-state index contributed by atoms with van der Waals surface area (Å²) in [5.41, 5.74) is 5.32. The number of hydrogen-bond acceptors (Lipinski definition) is 5. The van der Waals surface area contributed by atoms with Crippen LogP contribution in [0.25, 0.3) is 22.4 Å². The molecule has 0 saturated heterocycles. The van der Waals surface area contributed by atoms with Crippen LogP contribution in [0.4, 0.5) is 11.5 Å². The molecule has 0 bridgehead atoms. The Bertz CT molecular complexity index is 870. The standard InChI is InChI=1S/C16H14N6O/c1-17-14-5-4-13(21-22-14)11-3-2-10(9-7-18-19-8-9)12-6-15(23)20-16(11)12/h2-5,7-8H,6H2,1H3,(H,17,22)(H,18,19)(H,20,23). The molecule has 0 saturated carbocycles. The third-order valence-electron chi connectivity index (χ3n) is 3.92. The molecular formula is C16H14N6O. The smallest absolute Gasteiger partial charge is 0.228 e. The molecule has 2 aromatic heterocycles. The van der Waals surface area contributed by atoms with Crippen LogP contribution < -0.4 is 10.6 Å². The van der Waals surface area contributed by atoms with Crippen LogP contribution in [0.5, 0.6) is 0 Å². The minimum atomic E-state index is -0.0167. The summed E-state index contributed by atoms with van der Waals surface area (Å²) in [7, 11) is 1.79. The Morgan fingerprint density at radius 1 is 1.13 bits per heavy atom. The summed E-state index contributed by atoms with van der Waals surface area (Å²) in [6.45, 7) is 0. The summed E-state index contributed by atoms with van der Waals surface area (Å²) in [5, 5.41) is 21.0. The van der Waals surface area contributed by atoms with Gasteiger partial charge >= 0.3 is 0 Å². The number of hydrogen-bond donors (Lipinski definition) is 3. The fourth-order valence-electron chi connectivity index (χ4n) is 2.81. The molecule has 1 amide bonds. The zero-order chi connectivity index (χ0) is 15.8. The van der Waals surface area contributed by atoms with E-state index < -0.39 is 0 Å². The normalized spacial score (nSPS) is 12.8. The van der Waals surface area contributed by atoms with Gasteiger partial charge in [-0.15, -0.1) is 10.2 Å². The largest absolute Gasteiger partial charge is 0.372 e. The number of rotatable bonds is 3. The maximum Gasteiger partial charge on any atom is 0.228 e. The molecule has 0 fully saturated rings. The lowest BCUT2D eigenvalue weighted by Gasteiger charge is -2.11. The Hall–Kier alpha value is -3.22. The predicted octanol–water partition coefficient (Wildman–Crippen LogP) is 2.07. The van der Waals surface area contributed by atoms with E-state index in [1.807, 2.05) is 30.5 Å². The van der Waals surface area contributed by atoms with Crippen LogP contribution in [0.1, 0.15) is 5.56 Å². The molecule has 3 heterocycles. The van der Waals surface area contributed by atoms with E-state index in [0.29, 0.717) is 12.2 Å². The van der Waals surface area contributed by atoms with Crippen molar-refractivity contribution in [3.05, 3.63) is 42.2 Å². The van der Waals surface area contributed by atoms with Gasteiger partial charge in [-0.1, -0.05) is 12.1 Å². The van der Waals surface area contributed by atoms with Crippen molar-refractivity contribution in [2.75, 3.05) is 17.7 Å². The topological polar surface area (TPSA) is 95.6 Å². The molecule has 114 valence electrons. The van der Waals surface area contributed by atoms with Crippen LogP contribution in [0.15, 0.2) is 36.7 Å². The van der Waals surface area contributed by atoms with Crippen molar-refractivity contribution in [3.63, 3.8) is 0 Å². The highest BCUT2D eigenvalue weighted by molar-refractivity contribution is 6.06. The maximum absolute atomic E-state index is 11.9. The van der Waals surface area contributed by atoms with Crippen LogP contribution in [0, 0.1) is 0 Å². The molecule has 0 radical (unpaired) electrons. The van der Waals surface area contributed by atoms with E-state index in [4.69, 9.17) is 0 Å². The molecule has 3 aromatic rings. The Morgan fingerprint density at radius 2 is 2.00 bits per heavy atom. The summed E-state index contributed by atoms with van der Waals surface area (Å²) in [6.07, 6.45) is 3.92. The van der Waals surface area contributed by atoms with E-state index >= 15 is 0 Å². The van der Waals surface area contributed by atoms with Gasteiger partial charge in [0, 0.05) is 24.4 Å². The quantitative estimate of drug-likeness (QED) is 0.688. The summed E-state index contributed by atoms with van der Waals surface area (Å²) < 4.78 is 0. The molecule has 7 heteroatoms. The first-order valence-corrected chi connectivity index (χ1v) is 7.23. The average Bonchev–Trinajstić information content (AvgIpc) is 3.23. The molecule has 1 aliphatic heterocycles. The third-order valence-corrected chi connectivity index (χ3v) is 3.92. The van der Waals surface area contributed by atoms with Gasteiger partial charge in [-0.25, -0.2) is 0 Å². The molecule has 1 aromatic carbocycles. The van der Waals surface area contributed by atoms with Crippen LogP contribution in [0.2, 0.25) is 0 Å². The van der Waals surface area contributed by atoms with Gasteiger partial charge in [0.05, 0.1) is 24.0 Å². The van der Waals surface area contributed by atoms with E-state index in [-0.39, 0.29) is 5.91 Å². The maximum atomic E-state index is 11.9. The first-order chi connectivity index (χ1) is 11.3. The summed E-state index contributed by atoms with van der Waals surface area (Å²) >= 11 is 0. The van der Waals surface area contributed by atoms with Crippen molar-refractivity contribution in [1.29, 1.82) is 0 Å². The molecule has 1 aliphatic rings. The molecule has 0 spiro atoms.